The normalized spacial score (nSPS) is 17.7. The molecule has 1 aliphatic rings. The number of ether oxygens (including phenoxy) is 2. The molecular formula is C18H25NO4. The van der Waals surface area contributed by atoms with E-state index in [1.165, 1.54) is 12.7 Å². The molecule has 1 saturated heterocycles. The van der Waals surface area contributed by atoms with Gasteiger partial charge in [-0.2, -0.15) is 0 Å². The van der Waals surface area contributed by atoms with E-state index in [9.17, 15) is 9.59 Å². The number of benzene rings is 1. The number of amides is 1. The molecule has 1 aliphatic heterocycles. The molecule has 1 amide bonds. The van der Waals surface area contributed by atoms with Gasteiger partial charge in [-0.1, -0.05) is 17.7 Å². The van der Waals surface area contributed by atoms with Gasteiger partial charge < -0.3 is 14.4 Å². The van der Waals surface area contributed by atoms with Crippen molar-refractivity contribution in [3.8, 4) is 5.75 Å². The van der Waals surface area contributed by atoms with Gasteiger partial charge in [0.1, 0.15) is 5.75 Å². The van der Waals surface area contributed by atoms with Crippen molar-refractivity contribution in [1.29, 1.82) is 0 Å². The first-order valence-electron chi connectivity index (χ1n) is 8.15. The van der Waals surface area contributed by atoms with E-state index in [1.807, 2.05) is 31.2 Å². The van der Waals surface area contributed by atoms with Gasteiger partial charge >= 0.3 is 5.97 Å². The highest BCUT2D eigenvalue weighted by molar-refractivity contribution is 5.78. The molecule has 23 heavy (non-hydrogen) atoms. The number of likely N-dealkylation sites (tertiary alicyclic amines) is 1. The van der Waals surface area contributed by atoms with Crippen molar-refractivity contribution in [1.82, 2.24) is 4.90 Å². The van der Waals surface area contributed by atoms with E-state index in [0.717, 1.165) is 25.1 Å². The van der Waals surface area contributed by atoms with Crippen LogP contribution in [-0.2, 0) is 14.3 Å². The quantitative estimate of drug-likeness (QED) is 0.597. The zero-order chi connectivity index (χ0) is 16.7. The minimum absolute atomic E-state index is 0.0890. The summed E-state index contributed by atoms with van der Waals surface area (Å²) in [4.78, 5) is 25.6. The molecule has 0 radical (unpaired) electrons. The summed E-state index contributed by atoms with van der Waals surface area (Å²) in [5.74, 6) is 0.518. The monoisotopic (exact) mass is 319 g/mol. The zero-order valence-electron chi connectivity index (χ0n) is 13.9. The predicted octanol–water partition coefficient (Wildman–Crippen LogP) is 2.57. The number of piperidine rings is 1. The first-order valence-corrected chi connectivity index (χ1v) is 8.15. The SMILES string of the molecule is COC(=O)C1CCCN(C(=O)CCCOc2ccc(C)cc2)C1. The van der Waals surface area contributed by atoms with Gasteiger partial charge in [0.2, 0.25) is 5.91 Å². The van der Waals surface area contributed by atoms with Gasteiger partial charge in [0.25, 0.3) is 0 Å². The highest BCUT2D eigenvalue weighted by Crippen LogP contribution is 2.19. The highest BCUT2D eigenvalue weighted by atomic mass is 16.5. The number of carbonyl (C=O) groups is 2. The molecule has 0 bridgehead atoms. The second-order valence-electron chi connectivity index (χ2n) is 5.97. The minimum atomic E-state index is -0.217. The predicted molar refractivity (Wildman–Crippen MR) is 87.2 cm³/mol. The third kappa shape index (κ3) is 5.27. The van der Waals surface area contributed by atoms with Crippen molar-refractivity contribution >= 4 is 11.9 Å². The fourth-order valence-electron chi connectivity index (χ4n) is 2.77. The number of hydrogen-bond acceptors (Lipinski definition) is 4. The van der Waals surface area contributed by atoms with Gasteiger partial charge in [-0.3, -0.25) is 9.59 Å². The van der Waals surface area contributed by atoms with Gasteiger partial charge in [-0.05, 0) is 38.3 Å². The van der Waals surface area contributed by atoms with Crippen molar-refractivity contribution in [2.75, 3.05) is 26.8 Å². The fourth-order valence-corrected chi connectivity index (χ4v) is 2.77. The van der Waals surface area contributed by atoms with E-state index in [4.69, 9.17) is 9.47 Å². The first kappa shape index (κ1) is 17.3. The first-order chi connectivity index (χ1) is 11.1. The smallest absolute Gasteiger partial charge is 0.310 e. The number of methoxy groups -OCH3 is 1. The second-order valence-corrected chi connectivity index (χ2v) is 5.97. The molecule has 0 saturated carbocycles. The van der Waals surface area contributed by atoms with E-state index < -0.39 is 0 Å². The van der Waals surface area contributed by atoms with Crippen molar-refractivity contribution < 1.29 is 19.1 Å². The molecule has 5 nitrogen and oxygen atoms in total. The molecule has 1 fully saturated rings. The molecule has 1 heterocycles. The molecule has 1 aromatic rings. The molecule has 126 valence electrons. The van der Waals surface area contributed by atoms with Crippen LogP contribution in [-0.4, -0.2) is 43.6 Å². The molecular weight excluding hydrogens is 294 g/mol. The highest BCUT2D eigenvalue weighted by Gasteiger charge is 2.28. The van der Waals surface area contributed by atoms with Crippen molar-refractivity contribution in [2.45, 2.75) is 32.6 Å². The van der Waals surface area contributed by atoms with E-state index >= 15 is 0 Å². The molecule has 2 rings (SSSR count). The zero-order valence-corrected chi connectivity index (χ0v) is 13.9. The van der Waals surface area contributed by atoms with Crippen LogP contribution in [0.2, 0.25) is 0 Å². The summed E-state index contributed by atoms with van der Waals surface area (Å²) in [5.41, 5.74) is 1.19. The molecule has 0 aliphatic carbocycles. The second kappa shape index (κ2) is 8.56. The van der Waals surface area contributed by atoms with E-state index in [1.54, 1.807) is 4.90 Å². The summed E-state index contributed by atoms with van der Waals surface area (Å²) in [7, 11) is 1.39. The maximum atomic E-state index is 12.2. The van der Waals surface area contributed by atoms with E-state index in [0.29, 0.717) is 26.0 Å². The number of rotatable bonds is 6. The Morgan fingerprint density at radius 1 is 1.26 bits per heavy atom. The van der Waals surface area contributed by atoms with Gasteiger partial charge in [0.05, 0.1) is 19.6 Å². The average molecular weight is 319 g/mol. The Bertz CT molecular complexity index is 526. The molecule has 1 unspecified atom stereocenters. The lowest BCUT2D eigenvalue weighted by Crippen LogP contribution is -2.42. The third-order valence-electron chi connectivity index (χ3n) is 4.13. The van der Waals surface area contributed by atoms with Crippen molar-refractivity contribution in [3.63, 3.8) is 0 Å². The van der Waals surface area contributed by atoms with Gasteiger partial charge in [0.15, 0.2) is 0 Å². The Labute approximate surface area is 137 Å². The topological polar surface area (TPSA) is 55.8 Å². The van der Waals surface area contributed by atoms with Gasteiger partial charge in [-0.15, -0.1) is 0 Å². The summed E-state index contributed by atoms with van der Waals surface area (Å²) >= 11 is 0. The summed E-state index contributed by atoms with van der Waals surface area (Å²) in [6.07, 6.45) is 2.77. The summed E-state index contributed by atoms with van der Waals surface area (Å²) in [5, 5.41) is 0. The van der Waals surface area contributed by atoms with Gasteiger partial charge in [0, 0.05) is 19.5 Å². The maximum absolute atomic E-state index is 12.2. The Balaban J connectivity index is 1.70. The van der Waals surface area contributed by atoms with Crippen LogP contribution in [0, 0.1) is 12.8 Å². The molecule has 0 aromatic heterocycles. The number of hydrogen-bond donors (Lipinski definition) is 0. The number of esters is 1. The van der Waals surface area contributed by atoms with Crippen LogP contribution in [0.3, 0.4) is 0 Å². The summed E-state index contributed by atoms with van der Waals surface area (Å²) in [6, 6.07) is 7.87. The van der Waals surface area contributed by atoms with Crippen LogP contribution >= 0.6 is 0 Å². The fraction of sp³-hybridized carbons (Fsp3) is 0.556. The lowest BCUT2D eigenvalue weighted by atomic mass is 9.98. The molecule has 1 aromatic carbocycles. The summed E-state index contributed by atoms with van der Waals surface area (Å²) < 4.78 is 10.4. The lowest BCUT2D eigenvalue weighted by Gasteiger charge is -2.31. The standard InChI is InChI=1S/C18H25NO4/c1-14-7-9-16(10-8-14)23-12-4-6-17(20)19-11-3-5-15(13-19)18(21)22-2/h7-10,15H,3-6,11-13H2,1-2H3. The largest absolute Gasteiger partial charge is 0.494 e. The van der Waals surface area contributed by atoms with Crippen LogP contribution in [0.5, 0.6) is 5.75 Å². The van der Waals surface area contributed by atoms with Crippen molar-refractivity contribution in [2.24, 2.45) is 5.92 Å². The van der Waals surface area contributed by atoms with Crippen LogP contribution in [0.4, 0.5) is 0 Å². The van der Waals surface area contributed by atoms with Crippen LogP contribution in [0.15, 0.2) is 24.3 Å². The number of nitrogens with zero attached hydrogens (tertiary/aromatic N) is 1. The van der Waals surface area contributed by atoms with E-state index in [2.05, 4.69) is 0 Å². The van der Waals surface area contributed by atoms with Crippen LogP contribution in [0.25, 0.3) is 0 Å². The van der Waals surface area contributed by atoms with Crippen molar-refractivity contribution in [3.05, 3.63) is 29.8 Å². The average Bonchev–Trinajstić information content (AvgIpc) is 2.59. The Morgan fingerprint density at radius 3 is 2.70 bits per heavy atom. The summed E-state index contributed by atoms with van der Waals surface area (Å²) in [6.45, 7) is 3.75. The molecule has 1 atom stereocenters. The molecule has 0 N–H and O–H groups in total. The number of aryl methyl sites for hydroxylation is 1. The Morgan fingerprint density at radius 2 is 2.00 bits per heavy atom. The van der Waals surface area contributed by atoms with Crippen LogP contribution < -0.4 is 4.74 Å². The molecule has 5 heteroatoms. The third-order valence-corrected chi connectivity index (χ3v) is 4.13. The van der Waals surface area contributed by atoms with E-state index in [-0.39, 0.29) is 17.8 Å². The number of carbonyl (C=O) groups excluding carboxylic acids is 2. The minimum Gasteiger partial charge on any atom is -0.494 e. The maximum Gasteiger partial charge on any atom is 0.310 e. The lowest BCUT2D eigenvalue weighted by molar-refractivity contribution is -0.149. The van der Waals surface area contributed by atoms with Gasteiger partial charge in [-0.25, -0.2) is 0 Å². The van der Waals surface area contributed by atoms with Crippen LogP contribution in [0.1, 0.15) is 31.2 Å². The Hall–Kier alpha value is -2.04. The Kier molecular flexibility index (Phi) is 6.44. The molecule has 0 spiro atoms.